The van der Waals surface area contributed by atoms with Crippen LogP contribution in [0.15, 0.2) is 0 Å². The summed E-state index contributed by atoms with van der Waals surface area (Å²) in [4.78, 5) is 2.60. The van der Waals surface area contributed by atoms with Crippen LogP contribution in [0, 0.1) is 5.92 Å². The van der Waals surface area contributed by atoms with Crippen LogP contribution in [0.3, 0.4) is 0 Å². The van der Waals surface area contributed by atoms with Gasteiger partial charge in [0.15, 0.2) is 0 Å². The third-order valence-corrected chi connectivity index (χ3v) is 3.52. The summed E-state index contributed by atoms with van der Waals surface area (Å²) in [6.07, 6.45) is 5.29. The van der Waals surface area contributed by atoms with E-state index in [9.17, 15) is 0 Å². The zero-order valence-corrected chi connectivity index (χ0v) is 13.7. The van der Waals surface area contributed by atoms with Crippen molar-refractivity contribution in [1.29, 1.82) is 0 Å². The van der Waals surface area contributed by atoms with E-state index in [0.29, 0.717) is 0 Å². The summed E-state index contributed by atoms with van der Waals surface area (Å²) in [6, 6.07) is 0. The lowest BCUT2D eigenvalue weighted by Gasteiger charge is -2.24. The Morgan fingerprint density at radius 3 is 2.22 bits per heavy atom. The number of nitrogens with one attached hydrogen (secondary N) is 1. The maximum absolute atomic E-state index is 3.55. The molecule has 0 fully saturated rings. The molecule has 0 aliphatic rings. The summed E-state index contributed by atoms with van der Waals surface area (Å²) in [7, 11) is 0. The van der Waals surface area contributed by atoms with Crippen molar-refractivity contribution in [3.63, 3.8) is 0 Å². The maximum atomic E-state index is 3.55. The van der Waals surface area contributed by atoms with Crippen molar-refractivity contribution in [3.05, 3.63) is 0 Å². The number of nitrogens with zero attached hydrogens (tertiary/aromatic N) is 1. The van der Waals surface area contributed by atoms with E-state index >= 15 is 0 Å². The van der Waals surface area contributed by atoms with Crippen LogP contribution >= 0.6 is 0 Å². The van der Waals surface area contributed by atoms with E-state index in [-0.39, 0.29) is 5.54 Å². The summed E-state index contributed by atoms with van der Waals surface area (Å²) in [6.45, 7) is 18.5. The summed E-state index contributed by atoms with van der Waals surface area (Å²) < 4.78 is 0. The SMILES string of the molecule is CCC(C)CN(CC)CCCCCNC(C)(C)C. The second-order valence-corrected chi connectivity index (χ2v) is 6.64. The first-order valence-electron chi connectivity index (χ1n) is 7.86. The summed E-state index contributed by atoms with van der Waals surface area (Å²) in [5.74, 6) is 0.840. The molecule has 0 saturated carbocycles. The first-order valence-corrected chi connectivity index (χ1v) is 7.86. The molecule has 0 bridgehead atoms. The topological polar surface area (TPSA) is 15.3 Å². The molecule has 0 aromatic rings. The van der Waals surface area contributed by atoms with Gasteiger partial charge in [0.25, 0.3) is 0 Å². The van der Waals surface area contributed by atoms with Crippen LogP contribution in [0.5, 0.6) is 0 Å². The van der Waals surface area contributed by atoms with Gasteiger partial charge >= 0.3 is 0 Å². The highest BCUT2D eigenvalue weighted by Gasteiger charge is 2.08. The number of hydrogen-bond acceptors (Lipinski definition) is 2. The molecule has 2 nitrogen and oxygen atoms in total. The van der Waals surface area contributed by atoms with E-state index in [1.54, 1.807) is 0 Å². The van der Waals surface area contributed by atoms with Gasteiger partial charge < -0.3 is 10.2 Å². The lowest BCUT2D eigenvalue weighted by Crippen LogP contribution is -2.36. The average Bonchev–Trinajstić information content (AvgIpc) is 2.30. The number of hydrogen-bond donors (Lipinski definition) is 1. The molecule has 0 spiro atoms. The van der Waals surface area contributed by atoms with Crippen molar-refractivity contribution in [2.75, 3.05) is 26.2 Å². The highest BCUT2D eigenvalue weighted by molar-refractivity contribution is 4.69. The van der Waals surface area contributed by atoms with Crippen molar-refractivity contribution in [3.8, 4) is 0 Å². The van der Waals surface area contributed by atoms with E-state index in [4.69, 9.17) is 0 Å². The van der Waals surface area contributed by atoms with Gasteiger partial charge in [-0.05, 0) is 59.2 Å². The van der Waals surface area contributed by atoms with Crippen molar-refractivity contribution in [2.45, 2.75) is 72.8 Å². The normalized spacial score (nSPS) is 14.2. The fourth-order valence-corrected chi connectivity index (χ4v) is 2.05. The Hall–Kier alpha value is -0.0800. The van der Waals surface area contributed by atoms with Crippen LogP contribution in [-0.2, 0) is 0 Å². The first kappa shape index (κ1) is 17.9. The van der Waals surface area contributed by atoms with E-state index in [1.165, 1.54) is 45.3 Å². The first-order chi connectivity index (χ1) is 8.39. The minimum Gasteiger partial charge on any atom is -0.312 e. The van der Waals surface area contributed by atoms with Crippen molar-refractivity contribution < 1.29 is 0 Å². The highest BCUT2D eigenvalue weighted by Crippen LogP contribution is 2.06. The number of rotatable bonds is 10. The van der Waals surface area contributed by atoms with Crippen molar-refractivity contribution >= 4 is 0 Å². The highest BCUT2D eigenvalue weighted by atomic mass is 15.1. The fraction of sp³-hybridized carbons (Fsp3) is 1.00. The molecular weight excluding hydrogens is 220 g/mol. The Kier molecular flexibility index (Phi) is 9.76. The fourth-order valence-electron chi connectivity index (χ4n) is 2.05. The van der Waals surface area contributed by atoms with Crippen LogP contribution in [0.4, 0.5) is 0 Å². The van der Waals surface area contributed by atoms with Crippen LogP contribution in [-0.4, -0.2) is 36.6 Å². The van der Waals surface area contributed by atoms with Crippen LogP contribution in [0.25, 0.3) is 0 Å². The predicted octanol–water partition coefficient (Wildman–Crippen LogP) is 3.91. The van der Waals surface area contributed by atoms with Gasteiger partial charge in [-0.2, -0.15) is 0 Å². The molecule has 0 heterocycles. The van der Waals surface area contributed by atoms with Crippen molar-refractivity contribution in [1.82, 2.24) is 10.2 Å². The van der Waals surface area contributed by atoms with Crippen LogP contribution in [0.1, 0.15) is 67.2 Å². The molecule has 1 unspecified atom stereocenters. The molecule has 2 heteroatoms. The van der Waals surface area contributed by atoms with Crippen LogP contribution < -0.4 is 5.32 Å². The lowest BCUT2D eigenvalue weighted by atomic mass is 10.1. The summed E-state index contributed by atoms with van der Waals surface area (Å²) in [5, 5.41) is 3.55. The molecule has 1 N–H and O–H groups in total. The van der Waals surface area contributed by atoms with Gasteiger partial charge in [-0.25, -0.2) is 0 Å². The van der Waals surface area contributed by atoms with Gasteiger partial charge in [0.05, 0.1) is 0 Å². The van der Waals surface area contributed by atoms with Crippen molar-refractivity contribution in [2.24, 2.45) is 5.92 Å². The van der Waals surface area contributed by atoms with E-state index in [2.05, 4.69) is 51.8 Å². The number of unbranched alkanes of at least 4 members (excludes halogenated alkanes) is 2. The Bertz CT molecular complexity index is 184. The molecule has 18 heavy (non-hydrogen) atoms. The Labute approximate surface area is 116 Å². The molecule has 0 radical (unpaired) electrons. The predicted molar refractivity (Wildman–Crippen MR) is 83.2 cm³/mol. The largest absolute Gasteiger partial charge is 0.312 e. The van der Waals surface area contributed by atoms with Gasteiger partial charge in [0, 0.05) is 12.1 Å². The quantitative estimate of drug-likeness (QED) is 0.596. The molecular formula is C16H36N2. The third-order valence-electron chi connectivity index (χ3n) is 3.52. The van der Waals surface area contributed by atoms with Gasteiger partial charge in [-0.15, -0.1) is 0 Å². The molecule has 110 valence electrons. The molecule has 0 aliphatic heterocycles. The van der Waals surface area contributed by atoms with Gasteiger partial charge in [0.1, 0.15) is 0 Å². The van der Waals surface area contributed by atoms with E-state index < -0.39 is 0 Å². The van der Waals surface area contributed by atoms with E-state index in [1.807, 2.05) is 0 Å². The Balaban J connectivity index is 3.51. The Morgan fingerprint density at radius 2 is 1.72 bits per heavy atom. The maximum Gasteiger partial charge on any atom is 0.00965 e. The van der Waals surface area contributed by atoms with Gasteiger partial charge in [-0.1, -0.05) is 33.6 Å². The monoisotopic (exact) mass is 256 g/mol. The van der Waals surface area contributed by atoms with Crippen LogP contribution in [0.2, 0.25) is 0 Å². The molecule has 0 amide bonds. The molecule has 0 saturated heterocycles. The third kappa shape index (κ3) is 11.0. The van der Waals surface area contributed by atoms with E-state index in [0.717, 1.165) is 12.5 Å². The zero-order valence-electron chi connectivity index (χ0n) is 13.7. The van der Waals surface area contributed by atoms with Gasteiger partial charge in [-0.3, -0.25) is 0 Å². The average molecular weight is 256 g/mol. The standard InChI is InChI=1S/C16H36N2/c1-7-15(3)14-18(8-2)13-11-9-10-12-17-16(4,5)6/h15,17H,7-14H2,1-6H3. The second-order valence-electron chi connectivity index (χ2n) is 6.64. The molecule has 1 atom stereocenters. The lowest BCUT2D eigenvalue weighted by molar-refractivity contribution is 0.240. The zero-order chi connectivity index (χ0) is 14.0. The minimum absolute atomic E-state index is 0.270. The molecule has 0 aromatic heterocycles. The summed E-state index contributed by atoms with van der Waals surface area (Å²) >= 11 is 0. The molecule has 0 aliphatic carbocycles. The molecule has 0 aromatic carbocycles. The van der Waals surface area contributed by atoms with Gasteiger partial charge in [0.2, 0.25) is 0 Å². The summed E-state index contributed by atoms with van der Waals surface area (Å²) in [5.41, 5.74) is 0.270. The Morgan fingerprint density at radius 1 is 1.06 bits per heavy atom. The smallest absolute Gasteiger partial charge is 0.00965 e. The second kappa shape index (κ2) is 9.80. The minimum atomic E-state index is 0.270. The molecule has 0 rings (SSSR count).